The number of unbranched alkanes of at least 4 members (excludes halogenated alkanes) is 56. The van der Waals surface area contributed by atoms with Crippen molar-refractivity contribution in [2.45, 2.75) is 405 Å². The number of likely N-dealkylation sites (N-methyl/N-ethyl adjacent to an activating group) is 1. The highest BCUT2D eigenvalue weighted by Crippen LogP contribution is 2.38. The van der Waals surface area contributed by atoms with Gasteiger partial charge in [0.1, 0.15) is 13.2 Å². The average molecular weight is 1170 g/mol. The number of hydrogen-bond donors (Lipinski definition) is 2. The zero-order valence-corrected chi connectivity index (χ0v) is 56.4. The number of phosphoric acid groups is 1. The molecule has 1 amide bonds. The van der Waals surface area contributed by atoms with Gasteiger partial charge in [-0.05, 0) is 19.3 Å². The van der Waals surface area contributed by atoms with Crippen molar-refractivity contribution in [2.24, 2.45) is 0 Å². The number of allylic oxidation sites excluding steroid dienone is 1. The standard InChI is InChI=1S/C72H145N2O6P/c1-6-8-10-12-14-16-18-20-22-24-26-27-28-29-30-31-32-33-34-35-36-37-38-39-40-41-42-43-44-45-46-48-50-52-54-56-58-60-62-64-66-72(76)73-70(69-80-81(77,78)79-68-67-74(3,4)5)71(75)65-63-61-59-57-55-53-51-49-47-25-23-21-19-17-15-13-11-9-7-2/h63,65,70-71,75H,6-62,64,66-69H2,1-5H3,(H-,73,76,77,78)/b65-63+. The molecule has 0 aromatic heterocycles. The Hall–Kier alpha value is -0.760. The Bertz CT molecular complexity index is 1320. The SMILES string of the molecule is CCCCCCCCCCCCCCCCCCC/C=C/C(O)C(COP(=O)([O-])OCC[N+](C)(C)C)NC(=O)CCCCCCCCCCCCCCCCCCCCCCCCCCCCCCCCCCCCCCCCCC. The molecule has 8 nitrogen and oxygen atoms in total. The summed E-state index contributed by atoms with van der Waals surface area (Å²) in [4.78, 5) is 25.6. The highest BCUT2D eigenvalue weighted by atomic mass is 31.2. The molecule has 9 heteroatoms. The van der Waals surface area contributed by atoms with Crippen LogP contribution in [0.25, 0.3) is 0 Å². The first-order chi connectivity index (χ1) is 39.5. The molecule has 484 valence electrons. The lowest BCUT2D eigenvalue weighted by molar-refractivity contribution is -0.870. The second-order valence-electron chi connectivity index (χ2n) is 26.7. The van der Waals surface area contributed by atoms with E-state index in [4.69, 9.17) is 9.05 Å². The minimum absolute atomic E-state index is 0.00289. The number of quaternary nitrogens is 1. The molecule has 2 N–H and O–H groups in total. The lowest BCUT2D eigenvalue weighted by Crippen LogP contribution is -2.45. The molecule has 0 aliphatic heterocycles. The number of aliphatic hydroxyl groups excluding tert-OH is 1. The van der Waals surface area contributed by atoms with Crippen LogP contribution in [0.1, 0.15) is 393 Å². The van der Waals surface area contributed by atoms with Gasteiger partial charge in [0, 0.05) is 6.42 Å². The van der Waals surface area contributed by atoms with Crippen LogP contribution in [0.3, 0.4) is 0 Å². The molecule has 3 unspecified atom stereocenters. The van der Waals surface area contributed by atoms with E-state index in [1.54, 1.807) is 6.08 Å². The first kappa shape index (κ1) is 80.2. The molecular formula is C72H145N2O6P. The molecule has 0 aromatic rings. The van der Waals surface area contributed by atoms with E-state index in [9.17, 15) is 19.4 Å². The lowest BCUT2D eigenvalue weighted by Gasteiger charge is -2.29. The molecule has 0 aromatic carbocycles. The summed E-state index contributed by atoms with van der Waals surface area (Å²) in [5.74, 6) is -0.187. The Morgan fingerprint density at radius 2 is 0.667 bits per heavy atom. The molecule has 0 saturated heterocycles. The molecule has 0 spiro atoms. The summed E-state index contributed by atoms with van der Waals surface area (Å²) in [5, 5.41) is 14.0. The molecule has 0 fully saturated rings. The van der Waals surface area contributed by atoms with Crippen molar-refractivity contribution in [3.63, 3.8) is 0 Å². The van der Waals surface area contributed by atoms with Crippen LogP contribution in [0.4, 0.5) is 0 Å². The zero-order valence-electron chi connectivity index (χ0n) is 55.5. The van der Waals surface area contributed by atoms with E-state index in [-0.39, 0.29) is 19.1 Å². The maximum absolute atomic E-state index is 13.0. The molecule has 0 aliphatic carbocycles. The number of nitrogens with one attached hydrogen (secondary N) is 1. The third kappa shape index (κ3) is 66.6. The maximum atomic E-state index is 13.0. The molecule has 3 atom stereocenters. The molecule has 0 aliphatic rings. The average Bonchev–Trinajstić information content (AvgIpc) is 3.43. The van der Waals surface area contributed by atoms with E-state index in [1.165, 1.54) is 334 Å². The van der Waals surface area contributed by atoms with Crippen molar-refractivity contribution in [3.8, 4) is 0 Å². The Morgan fingerprint density at radius 1 is 0.420 bits per heavy atom. The topological polar surface area (TPSA) is 108 Å². The van der Waals surface area contributed by atoms with Crippen LogP contribution in [-0.2, 0) is 18.4 Å². The van der Waals surface area contributed by atoms with Crippen molar-refractivity contribution >= 4 is 13.7 Å². The van der Waals surface area contributed by atoms with Gasteiger partial charge in [-0.1, -0.05) is 379 Å². The van der Waals surface area contributed by atoms with E-state index < -0.39 is 20.0 Å². The van der Waals surface area contributed by atoms with Gasteiger partial charge in [0.25, 0.3) is 7.82 Å². The molecule has 0 radical (unpaired) electrons. The van der Waals surface area contributed by atoms with Crippen LogP contribution in [0.5, 0.6) is 0 Å². The first-order valence-corrected chi connectivity index (χ1v) is 38.0. The summed E-state index contributed by atoms with van der Waals surface area (Å²) in [5.41, 5.74) is 0. The third-order valence-electron chi connectivity index (χ3n) is 17.2. The number of hydrogen-bond acceptors (Lipinski definition) is 6. The highest BCUT2D eigenvalue weighted by molar-refractivity contribution is 7.45. The van der Waals surface area contributed by atoms with Crippen LogP contribution in [0.15, 0.2) is 12.2 Å². The van der Waals surface area contributed by atoms with Crippen LogP contribution in [-0.4, -0.2) is 68.5 Å². The molecule has 81 heavy (non-hydrogen) atoms. The van der Waals surface area contributed by atoms with Gasteiger partial charge >= 0.3 is 0 Å². The normalized spacial score (nSPS) is 13.6. The summed E-state index contributed by atoms with van der Waals surface area (Å²) >= 11 is 0. The van der Waals surface area contributed by atoms with E-state index in [2.05, 4.69) is 19.2 Å². The highest BCUT2D eigenvalue weighted by Gasteiger charge is 2.23. The fourth-order valence-electron chi connectivity index (χ4n) is 11.6. The Labute approximate surface area is 507 Å². The van der Waals surface area contributed by atoms with Crippen molar-refractivity contribution in [3.05, 3.63) is 12.2 Å². The fraction of sp³-hybridized carbons (Fsp3) is 0.958. The van der Waals surface area contributed by atoms with Crippen LogP contribution in [0, 0.1) is 0 Å². The largest absolute Gasteiger partial charge is 0.756 e. The van der Waals surface area contributed by atoms with E-state index in [0.717, 1.165) is 38.5 Å². The van der Waals surface area contributed by atoms with Gasteiger partial charge in [-0.15, -0.1) is 0 Å². The van der Waals surface area contributed by atoms with Gasteiger partial charge in [-0.3, -0.25) is 9.36 Å². The fourth-order valence-corrected chi connectivity index (χ4v) is 12.3. The molecule has 0 saturated carbocycles. The first-order valence-electron chi connectivity index (χ1n) is 36.6. The maximum Gasteiger partial charge on any atom is 0.268 e. The predicted molar refractivity (Wildman–Crippen MR) is 353 cm³/mol. The number of amides is 1. The van der Waals surface area contributed by atoms with Gasteiger partial charge in [0.05, 0.1) is 39.9 Å². The minimum Gasteiger partial charge on any atom is -0.756 e. The van der Waals surface area contributed by atoms with Crippen molar-refractivity contribution < 1.29 is 32.9 Å². The van der Waals surface area contributed by atoms with E-state index >= 15 is 0 Å². The number of carbonyl (C=O) groups excluding carboxylic acids is 1. The molecule has 0 rings (SSSR count). The summed E-state index contributed by atoms with van der Waals surface area (Å²) in [6.45, 7) is 4.72. The van der Waals surface area contributed by atoms with E-state index in [0.29, 0.717) is 17.4 Å². The van der Waals surface area contributed by atoms with Crippen LogP contribution in [0.2, 0.25) is 0 Å². The summed E-state index contributed by atoms with van der Waals surface area (Å²) in [6.07, 6.45) is 82.2. The van der Waals surface area contributed by atoms with Crippen molar-refractivity contribution in [2.75, 3.05) is 40.9 Å². The van der Waals surface area contributed by atoms with Gasteiger partial charge in [0.15, 0.2) is 0 Å². The predicted octanol–water partition coefficient (Wildman–Crippen LogP) is 22.7. The molecule has 0 heterocycles. The van der Waals surface area contributed by atoms with Gasteiger partial charge in [-0.25, -0.2) is 0 Å². The lowest BCUT2D eigenvalue weighted by atomic mass is 10.0. The van der Waals surface area contributed by atoms with Gasteiger partial charge in [0.2, 0.25) is 5.91 Å². The number of rotatable bonds is 69. The number of phosphoric ester groups is 1. The second-order valence-corrected chi connectivity index (χ2v) is 28.1. The summed E-state index contributed by atoms with van der Waals surface area (Å²) in [7, 11) is 1.28. The Morgan fingerprint density at radius 3 is 0.926 bits per heavy atom. The van der Waals surface area contributed by atoms with Gasteiger partial charge < -0.3 is 28.8 Å². The Kier molecular flexibility index (Phi) is 63.1. The van der Waals surface area contributed by atoms with Crippen molar-refractivity contribution in [1.82, 2.24) is 5.32 Å². The number of nitrogens with zero attached hydrogens (tertiary/aromatic N) is 1. The quantitative estimate of drug-likeness (QED) is 0.0272. The summed E-state index contributed by atoms with van der Waals surface area (Å²) < 4.78 is 23.4. The van der Waals surface area contributed by atoms with Crippen LogP contribution < -0.4 is 10.2 Å². The summed E-state index contributed by atoms with van der Waals surface area (Å²) in [6, 6.07) is -0.883. The minimum atomic E-state index is -4.60. The second kappa shape index (κ2) is 63.7. The van der Waals surface area contributed by atoms with E-state index in [1.807, 2.05) is 27.2 Å². The smallest absolute Gasteiger partial charge is 0.268 e. The Balaban J connectivity index is 3.86. The monoisotopic (exact) mass is 1170 g/mol. The number of aliphatic hydroxyl groups is 1. The van der Waals surface area contributed by atoms with Crippen LogP contribution >= 0.6 is 7.82 Å². The van der Waals surface area contributed by atoms with Crippen molar-refractivity contribution in [1.29, 1.82) is 0 Å². The van der Waals surface area contributed by atoms with Gasteiger partial charge in [-0.2, -0.15) is 0 Å². The third-order valence-corrected chi connectivity index (χ3v) is 18.2. The molecular weight excluding hydrogens is 1020 g/mol. The number of carbonyl (C=O) groups is 1. The molecule has 0 bridgehead atoms. The zero-order chi connectivity index (χ0) is 59.1.